The Morgan fingerprint density at radius 3 is 2.69 bits per heavy atom. The van der Waals surface area contributed by atoms with Gasteiger partial charge in [0, 0.05) is 57.1 Å². The van der Waals surface area contributed by atoms with E-state index < -0.39 is 0 Å². The molecular weight excluding hydrogens is 398 g/mol. The Morgan fingerprint density at radius 2 is 2.00 bits per heavy atom. The van der Waals surface area contributed by atoms with Crippen LogP contribution in [0.3, 0.4) is 0 Å². The molecule has 4 atom stereocenters. The smallest absolute Gasteiger partial charge is 0.152 e. The molecule has 4 unspecified atom stereocenters. The summed E-state index contributed by atoms with van der Waals surface area (Å²) in [5.41, 5.74) is 4.65. The Bertz CT molecular complexity index is 1030. The number of anilines is 1. The maximum absolute atomic E-state index is 5.58. The lowest BCUT2D eigenvalue weighted by Gasteiger charge is -2.50. The van der Waals surface area contributed by atoms with Gasteiger partial charge in [-0.15, -0.1) is 0 Å². The van der Waals surface area contributed by atoms with Crippen molar-refractivity contribution < 1.29 is 4.42 Å². The van der Waals surface area contributed by atoms with Crippen molar-refractivity contribution in [2.75, 3.05) is 38.6 Å². The Kier molecular flexibility index (Phi) is 5.98. The molecule has 3 aromatic rings. The second-order valence-corrected chi connectivity index (χ2v) is 9.43. The predicted molar refractivity (Wildman–Crippen MR) is 128 cm³/mol. The molecule has 6 rings (SSSR count). The van der Waals surface area contributed by atoms with Crippen molar-refractivity contribution in [1.82, 2.24) is 20.2 Å². The van der Waals surface area contributed by atoms with Crippen molar-refractivity contribution in [3.8, 4) is 11.5 Å². The largest absolute Gasteiger partial charge is 0.463 e. The lowest BCUT2D eigenvalue weighted by Crippen LogP contribution is -2.55. The minimum Gasteiger partial charge on any atom is -0.463 e. The molecule has 6 nitrogen and oxygen atoms in total. The van der Waals surface area contributed by atoms with E-state index in [4.69, 9.17) is 9.40 Å². The van der Waals surface area contributed by atoms with Gasteiger partial charge in [0.1, 0.15) is 11.5 Å². The number of rotatable bonds is 7. The molecule has 3 fully saturated rings. The predicted octanol–water partition coefficient (Wildman–Crippen LogP) is 4.08. The average Bonchev–Trinajstić information content (AvgIpc) is 3.35. The van der Waals surface area contributed by atoms with E-state index >= 15 is 0 Å². The highest BCUT2D eigenvalue weighted by atomic mass is 16.3. The summed E-state index contributed by atoms with van der Waals surface area (Å²) in [6.07, 6.45) is 4.19. The van der Waals surface area contributed by atoms with Crippen LogP contribution in [0.5, 0.6) is 0 Å². The van der Waals surface area contributed by atoms with Gasteiger partial charge in [0.05, 0.1) is 6.26 Å². The molecule has 6 heteroatoms. The molecular formula is C26H33N5O. The second kappa shape index (κ2) is 9.04. The highest BCUT2D eigenvalue weighted by Crippen LogP contribution is 2.41. The first-order valence-corrected chi connectivity index (χ1v) is 11.7. The molecule has 2 aromatic heterocycles. The SMILES string of the molecule is Cc1nc(-c2ccco2)cc(C2CN3CCC2CC3CNCc2ccc(N(C)C)cc2)n1. The summed E-state index contributed by atoms with van der Waals surface area (Å²) in [6, 6.07) is 15.5. The molecule has 0 amide bonds. The number of piperidine rings is 3. The van der Waals surface area contributed by atoms with Crippen molar-refractivity contribution in [3.05, 3.63) is 65.8 Å². The molecule has 0 spiro atoms. The monoisotopic (exact) mass is 431 g/mol. The number of aromatic nitrogens is 2. The van der Waals surface area contributed by atoms with Crippen LogP contribution < -0.4 is 10.2 Å². The number of hydrogen-bond acceptors (Lipinski definition) is 6. The zero-order valence-corrected chi connectivity index (χ0v) is 19.3. The van der Waals surface area contributed by atoms with Crippen LogP contribution in [0.2, 0.25) is 0 Å². The second-order valence-electron chi connectivity index (χ2n) is 9.43. The van der Waals surface area contributed by atoms with Gasteiger partial charge in [0.15, 0.2) is 5.76 Å². The van der Waals surface area contributed by atoms with Crippen molar-refractivity contribution in [1.29, 1.82) is 0 Å². The van der Waals surface area contributed by atoms with Crippen LogP contribution in [0.25, 0.3) is 11.5 Å². The maximum atomic E-state index is 5.58. The van der Waals surface area contributed by atoms with Gasteiger partial charge in [-0.25, -0.2) is 9.97 Å². The number of aryl methyl sites for hydroxylation is 1. The third-order valence-electron chi connectivity index (χ3n) is 7.05. The summed E-state index contributed by atoms with van der Waals surface area (Å²) in [6.45, 7) is 6.22. The first kappa shape index (κ1) is 21.2. The van der Waals surface area contributed by atoms with Crippen molar-refractivity contribution >= 4 is 5.69 Å². The molecule has 3 saturated heterocycles. The van der Waals surface area contributed by atoms with Crippen LogP contribution in [0.15, 0.2) is 53.1 Å². The number of nitrogens with one attached hydrogen (secondary N) is 1. The fourth-order valence-electron chi connectivity index (χ4n) is 5.31. The maximum Gasteiger partial charge on any atom is 0.152 e. The molecule has 0 radical (unpaired) electrons. The minimum absolute atomic E-state index is 0.481. The van der Waals surface area contributed by atoms with Gasteiger partial charge in [-0.1, -0.05) is 12.1 Å². The van der Waals surface area contributed by atoms with Gasteiger partial charge in [-0.2, -0.15) is 0 Å². The molecule has 0 saturated carbocycles. The van der Waals surface area contributed by atoms with Crippen LogP contribution in [0.1, 0.15) is 35.8 Å². The lowest BCUT2D eigenvalue weighted by molar-refractivity contribution is 0.0292. The average molecular weight is 432 g/mol. The molecule has 32 heavy (non-hydrogen) atoms. The van der Waals surface area contributed by atoms with E-state index in [1.807, 2.05) is 19.1 Å². The van der Waals surface area contributed by atoms with Crippen LogP contribution in [0.4, 0.5) is 5.69 Å². The Morgan fingerprint density at radius 1 is 1.16 bits per heavy atom. The van der Waals surface area contributed by atoms with Gasteiger partial charge in [0.2, 0.25) is 0 Å². The number of fused-ring (bicyclic) bond motifs is 3. The van der Waals surface area contributed by atoms with Crippen molar-refractivity contribution in [2.24, 2.45) is 5.92 Å². The van der Waals surface area contributed by atoms with E-state index in [1.165, 1.54) is 36.3 Å². The normalized spacial score (nSPS) is 24.6. The standard InChI is InChI=1S/C26H33N5O/c1-18-28-24(14-25(29-18)26-5-4-12-32-26)23-17-31-11-10-20(23)13-22(31)16-27-15-19-6-8-21(9-7-19)30(2)3/h4-9,12,14,20,22-23,27H,10-11,13,15-17H2,1-3H3. The van der Waals surface area contributed by atoms with E-state index in [0.717, 1.165) is 36.9 Å². The van der Waals surface area contributed by atoms with Gasteiger partial charge < -0.3 is 14.6 Å². The van der Waals surface area contributed by atoms with E-state index in [1.54, 1.807) is 6.26 Å². The summed E-state index contributed by atoms with van der Waals surface area (Å²) >= 11 is 0. The molecule has 0 aliphatic carbocycles. The third kappa shape index (κ3) is 4.43. The Hall–Kier alpha value is -2.70. The van der Waals surface area contributed by atoms with Crippen molar-refractivity contribution in [3.63, 3.8) is 0 Å². The first-order valence-electron chi connectivity index (χ1n) is 11.7. The lowest BCUT2D eigenvalue weighted by atomic mass is 9.74. The van der Waals surface area contributed by atoms with Crippen LogP contribution in [-0.2, 0) is 6.54 Å². The molecule has 2 bridgehead atoms. The summed E-state index contributed by atoms with van der Waals surface area (Å²) in [5.74, 6) is 2.81. The molecule has 3 aliphatic heterocycles. The number of benzene rings is 1. The molecule has 168 valence electrons. The van der Waals surface area contributed by atoms with E-state index in [9.17, 15) is 0 Å². The van der Waals surface area contributed by atoms with Gasteiger partial charge in [-0.3, -0.25) is 4.90 Å². The highest BCUT2D eigenvalue weighted by Gasteiger charge is 2.41. The zero-order valence-electron chi connectivity index (χ0n) is 19.3. The summed E-state index contributed by atoms with van der Waals surface area (Å²) in [4.78, 5) is 14.2. The van der Waals surface area contributed by atoms with Crippen LogP contribution in [0, 0.1) is 12.8 Å². The molecule has 5 heterocycles. The summed E-state index contributed by atoms with van der Waals surface area (Å²) in [7, 11) is 4.15. The van der Waals surface area contributed by atoms with E-state index in [0.29, 0.717) is 17.9 Å². The molecule has 1 aromatic carbocycles. The Balaban J connectivity index is 1.21. The van der Waals surface area contributed by atoms with Crippen LogP contribution >= 0.6 is 0 Å². The van der Waals surface area contributed by atoms with Gasteiger partial charge in [0.25, 0.3) is 0 Å². The number of nitrogens with zero attached hydrogens (tertiary/aromatic N) is 4. The quantitative estimate of drug-likeness (QED) is 0.608. The van der Waals surface area contributed by atoms with Gasteiger partial charge in [-0.05, 0) is 68.1 Å². The Labute approximate surface area is 190 Å². The fourth-order valence-corrected chi connectivity index (χ4v) is 5.31. The molecule has 3 aliphatic rings. The molecule has 1 N–H and O–H groups in total. The van der Waals surface area contributed by atoms with E-state index in [2.05, 4.69) is 64.5 Å². The minimum atomic E-state index is 0.481. The van der Waals surface area contributed by atoms with Gasteiger partial charge >= 0.3 is 0 Å². The number of hydrogen-bond donors (Lipinski definition) is 1. The highest BCUT2D eigenvalue weighted by molar-refractivity contribution is 5.52. The summed E-state index contributed by atoms with van der Waals surface area (Å²) in [5, 5.41) is 3.70. The first-order chi connectivity index (χ1) is 15.6. The zero-order chi connectivity index (χ0) is 22.1. The van der Waals surface area contributed by atoms with Crippen molar-refractivity contribution in [2.45, 2.75) is 38.3 Å². The number of furan rings is 1. The third-order valence-corrected chi connectivity index (χ3v) is 7.05. The topological polar surface area (TPSA) is 57.4 Å². The summed E-state index contributed by atoms with van der Waals surface area (Å²) < 4.78 is 5.58. The fraction of sp³-hybridized carbons (Fsp3) is 0.462. The van der Waals surface area contributed by atoms with Crippen LogP contribution in [-0.4, -0.2) is 54.6 Å². The van der Waals surface area contributed by atoms with E-state index in [-0.39, 0.29) is 0 Å².